The van der Waals surface area contributed by atoms with E-state index in [9.17, 15) is 4.79 Å². The van der Waals surface area contributed by atoms with Gasteiger partial charge < -0.3 is 15.0 Å². The summed E-state index contributed by atoms with van der Waals surface area (Å²) in [7, 11) is 0. The Labute approximate surface area is 112 Å². The Kier molecular flexibility index (Phi) is 9.98. The molecule has 0 aromatic rings. The zero-order valence-corrected chi connectivity index (χ0v) is 12.7. The lowest BCUT2D eigenvalue weighted by atomic mass is 10.2. The first-order valence-electron chi connectivity index (χ1n) is 7.20. The fourth-order valence-corrected chi connectivity index (χ4v) is 2.03. The van der Waals surface area contributed by atoms with Gasteiger partial charge in [-0.05, 0) is 32.9 Å². The molecule has 0 fully saturated rings. The first kappa shape index (κ1) is 17.4. The van der Waals surface area contributed by atoms with E-state index in [0.717, 1.165) is 32.5 Å². The fraction of sp³-hybridized carbons (Fsp3) is 0.929. The van der Waals surface area contributed by atoms with Gasteiger partial charge in [-0.3, -0.25) is 4.79 Å². The number of carbonyl (C=O) groups is 1. The smallest absolute Gasteiger partial charge is 0.324 e. The van der Waals surface area contributed by atoms with Crippen LogP contribution in [0.3, 0.4) is 0 Å². The van der Waals surface area contributed by atoms with Gasteiger partial charge in [-0.1, -0.05) is 27.7 Å². The Bertz CT molecular complexity index is 214. The Balaban J connectivity index is 4.47. The Morgan fingerprint density at radius 1 is 1.17 bits per heavy atom. The second-order valence-corrected chi connectivity index (χ2v) is 4.93. The van der Waals surface area contributed by atoms with Crippen LogP contribution in [0.25, 0.3) is 0 Å². The van der Waals surface area contributed by atoms with Crippen molar-refractivity contribution in [3.63, 3.8) is 0 Å². The average molecular weight is 258 g/mol. The van der Waals surface area contributed by atoms with E-state index in [4.69, 9.17) is 4.74 Å². The van der Waals surface area contributed by atoms with E-state index in [2.05, 4.69) is 37.9 Å². The minimum absolute atomic E-state index is 0.136. The number of esters is 1. The number of hydrogen-bond acceptors (Lipinski definition) is 4. The highest BCUT2D eigenvalue weighted by atomic mass is 16.5. The molecule has 0 aromatic heterocycles. The van der Waals surface area contributed by atoms with Gasteiger partial charge in [-0.15, -0.1) is 0 Å². The highest BCUT2D eigenvalue weighted by Gasteiger charge is 2.22. The largest absolute Gasteiger partial charge is 0.465 e. The van der Waals surface area contributed by atoms with Crippen LogP contribution in [0.1, 0.15) is 47.5 Å². The van der Waals surface area contributed by atoms with Crippen LogP contribution < -0.4 is 5.32 Å². The lowest BCUT2D eigenvalue weighted by molar-refractivity contribution is -0.146. The van der Waals surface area contributed by atoms with Gasteiger partial charge >= 0.3 is 5.97 Å². The van der Waals surface area contributed by atoms with Crippen LogP contribution in [0.2, 0.25) is 0 Å². The maximum atomic E-state index is 11.9. The summed E-state index contributed by atoms with van der Waals surface area (Å²) in [5.41, 5.74) is 0. The molecule has 1 unspecified atom stereocenters. The highest BCUT2D eigenvalue weighted by molar-refractivity contribution is 5.76. The molecule has 0 saturated carbocycles. The maximum Gasteiger partial charge on any atom is 0.324 e. The summed E-state index contributed by atoms with van der Waals surface area (Å²) < 4.78 is 5.13. The summed E-state index contributed by atoms with van der Waals surface area (Å²) in [5.74, 6) is -0.136. The van der Waals surface area contributed by atoms with Gasteiger partial charge in [0, 0.05) is 12.6 Å². The zero-order chi connectivity index (χ0) is 14.0. The van der Waals surface area contributed by atoms with E-state index < -0.39 is 0 Å². The zero-order valence-electron chi connectivity index (χ0n) is 12.7. The van der Waals surface area contributed by atoms with Crippen LogP contribution in [-0.4, -0.2) is 49.2 Å². The van der Waals surface area contributed by atoms with Crippen LogP contribution in [0.15, 0.2) is 0 Å². The molecule has 0 heterocycles. The van der Waals surface area contributed by atoms with Crippen molar-refractivity contribution in [1.29, 1.82) is 0 Å². The molecule has 0 aliphatic heterocycles. The number of hydrogen-bond donors (Lipinski definition) is 1. The molecule has 0 bridgehead atoms. The number of carbonyl (C=O) groups excluding carboxylic acids is 1. The molecule has 4 nitrogen and oxygen atoms in total. The molecule has 0 aromatic carbocycles. The summed E-state index contributed by atoms with van der Waals surface area (Å²) in [6.45, 7) is 13.5. The van der Waals surface area contributed by atoms with Crippen LogP contribution >= 0.6 is 0 Å². The minimum Gasteiger partial charge on any atom is -0.465 e. The molecule has 1 N–H and O–H groups in total. The molecule has 108 valence electrons. The third kappa shape index (κ3) is 7.67. The predicted octanol–water partition coefficient (Wildman–Crippen LogP) is 2.04. The molecular formula is C14H30N2O2. The number of rotatable bonds is 10. The van der Waals surface area contributed by atoms with Crippen LogP contribution in [0, 0.1) is 0 Å². The molecule has 0 aliphatic carbocycles. The van der Waals surface area contributed by atoms with Crippen molar-refractivity contribution in [1.82, 2.24) is 10.2 Å². The van der Waals surface area contributed by atoms with Crippen molar-refractivity contribution in [3.8, 4) is 0 Å². The number of nitrogens with zero attached hydrogens (tertiary/aromatic N) is 1. The predicted molar refractivity (Wildman–Crippen MR) is 75.7 cm³/mol. The van der Waals surface area contributed by atoms with Crippen molar-refractivity contribution in [2.75, 3.05) is 26.2 Å². The molecule has 0 aliphatic rings. The van der Waals surface area contributed by atoms with Crippen molar-refractivity contribution >= 4 is 5.97 Å². The second kappa shape index (κ2) is 10.3. The molecule has 0 spiro atoms. The first-order chi connectivity index (χ1) is 8.54. The molecule has 4 heteroatoms. The lowest BCUT2D eigenvalue weighted by Gasteiger charge is -2.27. The number of nitrogens with one attached hydrogen (secondary N) is 1. The van der Waals surface area contributed by atoms with Gasteiger partial charge in [0.05, 0.1) is 6.61 Å². The highest BCUT2D eigenvalue weighted by Crippen LogP contribution is 2.00. The fourth-order valence-electron chi connectivity index (χ4n) is 2.03. The minimum atomic E-state index is -0.219. The van der Waals surface area contributed by atoms with E-state index in [1.165, 1.54) is 0 Å². The Hall–Kier alpha value is -0.610. The third-order valence-corrected chi connectivity index (χ3v) is 2.63. The monoisotopic (exact) mass is 258 g/mol. The Morgan fingerprint density at radius 2 is 1.72 bits per heavy atom. The van der Waals surface area contributed by atoms with Gasteiger partial charge in [-0.2, -0.15) is 0 Å². The summed E-state index contributed by atoms with van der Waals surface area (Å²) >= 11 is 0. The topological polar surface area (TPSA) is 41.6 Å². The van der Waals surface area contributed by atoms with Crippen molar-refractivity contribution in [3.05, 3.63) is 0 Å². The van der Waals surface area contributed by atoms with Gasteiger partial charge in [0.15, 0.2) is 0 Å². The van der Waals surface area contributed by atoms with E-state index in [1.54, 1.807) is 0 Å². The molecular weight excluding hydrogens is 228 g/mol. The number of ether oxygens (including phenoxy) is 1. The Morgan fingerprint density at radius 3 is 2.11 bits per heavy atom. The normalized spacial score (nSPS) is 13.1. The van der Waals surface area contributed by atoms with E-state index in [-0.39, 0.29) is 18.1 Å². The van der Waals surface area contributed by atoms with E-state index in [0.29, 0.717) is 6.61 Å². The quantitative estimate of drug-likeness (QED) is 0.609. The molecule has 1 atom stereocenters. The SMILES string of the molecule is CCCN(CCC)CC(NC(C)C)C(=O)OCC. The van der Waals surface area contributed by atoms with E-state index >= 15 is 0 Å². The van der Waals surface area contributed by atoms with Crippen LogP contribution in [0.5, 0.6) is 0 Å². The van der Waals surface area contributed by atoms with Gasteiger partial charge in [0.1, 0.15) is 6.04 Å². The van der Waals surface area contributed by atoms with Gasteiger partial charge in [-0.25, -0.2) is 0 Å². The van der Waals surface area contributed by atoms with Crippen molar-refractivity contribution in [2.45, 2.75) is 59.5 Å². The molecule has 0 amide bonds. The van der Waals surface area contributed by atoms with Crippen LogP contribution in [0.4, 0.5) is 0 Å². The average Bonchev–Trinajstić information content (AvgIpc) is 2.28. The van der Waals surface area contributed by atoms with Crippen molar-refractivity contribution in [2.24, 2.45) is 0 Å². The summed E-state index contributed by atoms with van der Waals surface area (Å²) in [5, 5.41) is 3.30. The summed E-state index contributed by atoms with van der Waals surface area (Å²) in [6, 6.07) is 0.0626. The molecule has 0 rings (SSSR count). The van der Waals surface area contributed by atoms with E-state index in [1.807, 2.05) is 6.92 Å². The standard InChI is InChI=1S/C14H30N2O2/c1-6-9-16(10-7-2)11-13(15-12(4)5)14(17)18-8-3/h12-13,15H,6-11H2,1-5H3. The molecule has 18 heavy (non-hydrogen) atoms. The third-order valence-electron chi connectivity index (χ3n) is 2.63. The summed E-state index contributed by atoms with van der Waals surface area (Å²) in [4.78, 5) is 14.2. The molecule has 0 saturated heterocycles. The lowest BCUT2D eigenvalue weighted by Crippen LogP contribution is -2.49. The first-order valence-corrected chi connectivity index (χ1v) is 7.20. The van der Waals surface area contributed by atoms with Gasteiger partial charge in [0.2, 0.25) is 0 Å². The molecule has 0 radical (unpaired) electrons. The van der Waals surface area contributed by atoms with Crippen LogP contribution in [-0.2, 0) is 9.53 Å². The summed E-state index contributed by atoms with van der Waals surface area (Å²) in [6.07, 6.45) is 2.22. The maximum absolute atomic E-state index is 11.9. The van der Waals surface area contributed by atoms with Gasteiger partial charge in [0.25, 0.3) is 0 Å². The van der Waals surface area contributed by atoms with Crippen molar-refractivity contribution < 1.29 is 9.53 Å². The second-order valence-electron chi connectivity index (χ2n) is 4.93.